The second-order valence-electron chi connectivity index (χ2n) is 5.23. The molecule has 5 heteroatoms. The van der Waals surface area contributed by atoms with E-state index < -0.39 is 0 Å². The second kappa shape index (κ2) is 7.59. The largest absolute Gasteiger partial charge is 0.376 e. The van der Waals surface area contributed by atoms with Crippen LogP contribution in [0.15, 0.2) is 0 Å². The fourth-order valence-electron chi connectivity index (χ4n) is 2.55. The molecule has 104 valence electrons. The molecule has 0 aliphatic carbocycles. The van der Waals surface area contributed by atoms with Gasteiger partial charge in [0.05, 0.1) is 6.10 Å². The standard InChI is InChI=1S/C13H25N3O2/c17-13(15-9-11-5-1-3-7-14-11)16-10-12-6-2-4-8-18-12/h11-12,14H,1-10H2,(H2,15,16,17). The summed E-state index contributed by atoms with van der Waals surface area (Å²) in [5, 5.41) is 9.23. The normalized spacial score (nSPS) is 28.7. The lowest BCUT2D eigenvalue weighted by Gasteiger charge is -2.25. The van der Waals surface area contributed by atoms with Gasteiger partial charge in [0.15, 0.2) is 0 Å². The molecule has 0 bridgehead atoms. The number of rotatable bonds is 4. The molecule has 18 heavy (non-hydrogen) atoms. The third kappa shape index (κ3) is 4.82. The van der Waals surface area contributed by atoms with Gasteiger partial charge in [0.2, 0.25) is 0 Å². The van der Waals surface area contributed by atoms with Crippen LogP contribution in [0.5, 0.6) is 0 Å². The molecule has 2 heterocycles. The molecule has 2 atom stereocenters. The molecule has 0 radical (unpaired) electrons. The summed E-state index contributed by atoms with van der Waals surface area (Å²) in [4.78, 5) is 11.6. The lowest BCUT2D eigenvalue weighted by Crippen LogP contribution is -2.47. The Morgan fingerprint density at radius 1 is 1.11 bits per heavy atom. The Labute approximate surface area is 109 Å². The molecule has 2 aliphatic rings. The van der Waals surface area contributed by atoms with Crippen molar-refractivity contribution in [1.29, 1.82) is 0 Å². The minimum atomic E-state index is -0.0726. The predicted molar refractivity (Wildman–Crippen MR) is 70.6 cm³/mol. The molecule has 2 unspecified atom stereocenters. The van der Waals surface area contributed by atoms with Crippen molar-refractivity contribution in [1.82, 2.24) is 16.0 Å². The van der Waals surface area contributed by atoms with Gasteiger partial charge in [-0.05, 0) is 38.6 Å². The molecule has 3 N–H and O–H groups in total. The summed E-state index contributed by atoms with van der Waals surface area (Å²) in [6, 6.07) is 0.368. The number of nitrogens with one attached hydrogen (secondary N) is 3. The zero-order chi connectivity index (χ0) is 12.6. The van der Waals surface area contributed by atoms with Crippen LogP contribution in [0.3, 0.4) is 0 Å². The molecule has 0 aromatic heterocycles. The van der Waals surface area contributed by atoms with Crippen LogP contribution in [0.25, 0.3) is 0 Å². The van der Waals surface area contributed by atoms with Crippen LogP contribution in [-0.4, -0.2) is 44.4 Å². The fraction of sp³-hybridized carbons (Fsp3) is 0.923. The number of amides is 2. The number of carbonyl (C=O) groups is 1. The molecule has 0 saturated carbocycles. The highest BCUT2D eigenvalue weighted by molar-refractivity contribution is 5.73. The summed E-state index contributed by atoms with van der Waals surface area (Å²) < 4.78 is 5.57. The Balaban J connectivity index is 1.54. The van der Waals surface area contributed by atoms with E-state index >= 15 is 0 Å². The summed E-state index contributed by atoms with van der Waals surface area (Å²) in [6.45, 7) is 3.26. The summed E-state index contributed by atoms with van der Waals surface area (Å²) in [5.41, 5.74) is 0. The molecule has 2 amide bonds. The number of ether oxygens (including phenoxy) is 1. The summed E-state index contributed by atoms with van der Waals surface area (Å²) in [6.07, 6.45) is 7.29. The van der Waals surface area contributed by atoms with Gasteiger partial charge in [0.25, 0.3) is 0 Å². The third-order valence-corrected chi connectivity index (χ3v) is 3.69. The van der Waals surface area contributed by atoms with Crippen LogP contribution >= 0.6 is 0 Å². The van der Waals surface area contributed by atoms with Gasteiger partial charge >= 0.3 is 6.03 Å². The van der Waals surface area contributed by atoms with Crippen LogP contribution in [0, 0.1) is 0 Å². The van der Waals surface area contributed by atoms with Gasteiger partial charge in [-0.2, -0.15) is 0 Å². The smallest absolute Gasteiger partial charge is 0.314 e. The van der Waals surface area contributed by atoms with Crippen molar-refractivity contribution in [2.45, 2.75) is 50.7 Å². The van der Waals surface area contributed by atoms with Crippen LogP contribution in [0.1, 0.15) is 38.5 Å². The van der Waals surface area contributed by atoms with Crippen LogP contribution in [-0.2, 0) is 4.74 Å². The van der Waals surface area contributed by atoms with E-state index in [1.54, 1.807) is 0 Å². The van der Waals surface area contributed by atoms with Crippen molar-refractivity contribution in [3.05, 3.63) is 0 Å². The van der Waals surface area contributed by atoms with Gasteiger partial charge in [-0.3, -0.25) is 0 Å². The van der Waals surface area contributed by atoms with Crippen molar-refractivity contribution in [3.8, 4) is 0 Å². The summed E-state index contributed by atoms with van der Waals surface area (Å²) >= 11 is 0. The SMILES string of the molecule is O=C(NCC1CCCCN1)NCC1CCCCO1. The Hall–Kier alpha value is -0.810. The van der Waals surface area contributed by atoms with E-state index in [2.05, 4.69) is 16.0 Å². The average Bonchev–Trinajstić information content (AvgIpc) is 2.45. The van der Waals surface area contributed by atoms with Gasteiger partial charge in [-0.25, -0.2) is 4.79 Å². The first-order valence-corrected chi connectivity index (χ1v) is 7.21. The third-order valence-electron chi connectivity index (χ3n) is 3.69. The molecule has 0 spiro atoms. The molecule has 2 fully saturated rings. The topological polar surface area (TPSA) is 62.4 Å². The monoisotopic (exact) mass is 255 g/mol. The first-order valence-electron chi connectivity index (χ1n) is 7.21. The van der Waals surface area contributed by atoms with E-state index in [-0.39, 0.29) is 12.1 Å². The Morgan fingerprint density at radius 3 is 2.67 bits per heavy atom. The van der Waals surface area contributed by atoms with Gasteiger partial charge in [-0.1, -0.05) is 6.42 Å². The molecular formula is C13H25N3O2. The predicted octanol–water partition coefficient (Wildman–Crippen LogP) is 0.997. The highest BCUT2D eigenvalue weighted by Crippen LogP contribution is 2.11. The van der Waals surface area contributed by atoms with Crippen molar-refractivity contribution in [3.63, 3.8) is 0 Å². The highest BCUT2D eigenvalue weighted by Gasteiger charge is 2.16. The van der Waals surface area contributed by atoms with E-state index in [4.69, 9.17) is 4.74 Å². The molecule has 2 rings (SSSR count). The average molecular weight is 255 g/mol. The number of carbonyl (C=O) groups excluding carboxylic acids is 1. The number of hydrogen-bond donors (Lipinski definition) is 3. The van der Waals surface area contributed by atoms with E-state index in [0.717, 1.165) is 39.0 Å². The van der Waals surface area contributed by atoms with E-state index in [1.807, 2.05) is 0 Å². The van der Waals surface area contributed by atoms with Gasteiger partial charge in [-0.15, -0.1) is 0 Å². The van der Waals surface area contributed by atoms with Crippen molar-refractivity contribution in [2.24, 2.45) is 0 Å². The van der Waals surface area contributed by atoms with E-state index in [1.165, 1.54) is 19.3 Å². The summed E-state index contributed by atoms with van der Waals surface area (Å²) in [7, 11) is 0. The number of piperidine rings is 1. The summed E-state index contributed by atoms with van der Waals surface area (Å²) in [5.74, 6) is 0. The first-order chi connectivity index (χ1) is 8.84. The molecule has 2 aliphatic heterocycles. The quantitative estimate of drug-likeness (QED) is 0.702. The zero-order valence-electron chi connectivity index (χ0n) is 11.0. The van der Waals surface area contributed by atoms with E-state index in [9.17, 15) is 4.79 Å². The highest BCUT2D eigenvalue weighted by atomic mass is 16.5. The molecule has 2 saturated heterocycles. The Bertz CT molecular complexity index is 225. The molecule has 0 aromatic rings. The Morgan fingerprint density at radius 2 is 1.94 bits per heavy atom. The lowest BCUT2D eigenvalue weighted by molar-refractivity contribution is 0.0184. The maximum absolute atomic E-state index is 11.6. The maximum atomic E-state index is 11.6. The Kier molecular flexibility index (Phi) is 5.74. The van der Waals surface area contributed by atoms with Crippen LogP contribution in [0.2, 0.25) is 0 Å². The number of urea groups is 1. The van der Waals surface area contributed by atoms with E-state index in [0.29, 0.717) is 12.6 Å². The van der Waals surface area contributed by atoms with Gasteiger partial charge < -0.3 is 20.7 Å². The van der Waals surface area contributed by atoms with Crippen LogP contribution in [0.4, 0.5) is 4.79 Å². The van der Waals surface area contributed by atoms with Crippen LogP contribution < -0.4 is 16.0 Å². The molecule has 5 nitrogen and oxygen atoms in total. The minimum Gasteiger partial charge on any atom is -0.376 e. The molecule has 0 aromatic carbocycles. The minimum absolute atomic E-state index is 0.0726. The number of hydrogen-bond acceptors (Lipinski definition) is 3. The molecular weight excluding hydrogens is 230 g/mol. The lowest BCUT2D eigenvalue weighted by atomic mass is 10.1. The fourth-order valence-corrected chi connectivity index (χ4v) is 2.55. The maximum Gasteiger partial charge on any atom is 0.314 e. The second-order valence-corrected chi connectivity index (χ2v) is 5.23. The van der Waals surface area contributed by atoms with Crippen molar-refractivity contribution < 1.29 is 9.53 Å². The van der Waals surface area contributed by atoms with Gasteiger partial charge in [0, 0.05) is 25.7 Å². The van der Waals surface area contributed by atoms with Crippen molar-refractivity contribution in [2.75, 3.05) is 26.2 Å². The first kappa shape index (κ1) is 13.6. The zero-order valence-corrected chi connectivity index (χ0v) is 11.0. The van der Waals surface area contributed by atoms with Gasteiger partial charge in [0.1, 0.15) is 0 Å². The van der Waals surface area contributed by atoms with Crippen molar-refractivity contribution >= 4 is 6.03 Å².